The molecule has 0 bridgehead atoms. The van der Waals surface area contributed by atoms with Gasteiger partial charge in [-0.3, -0.25) is 9.10 Å². The standard InChI is InChI=1S/C29H28BClN2O6S/c1-32-29(34)27-22-15-21(17-7-8-17)24(16-26(22)38-28(27)18-9-11-19(31)12-10-18)33(40(2,36)37)14-13-25-20-5-3-4-6-23(20)30(35)39-25/h3-6,9-12,15-17,25,35H,7-8,13-14H2,1-2H3,(H,32,34). The minimum absolute atomic E-state index is 0.142. The zero-order chi connectivity index (χ0) is 28.2. The molecule has 3 aromatic carbocycles. The summed E-state index contributed by atoms with van der Waals surface area (Å²) in [5.74, 6) is 0.273. The molecule has 0 saturated heterocycles. The van der Waals surface area contributed by atoms with Crippen molar-refractivity contribution in [3.63, 3.8) is 0 Å². The quantitative estimate of drug-likeness (QED) is 0.296. The normalized spacial score (nSPS) is 16.8. The first-order valence-electron chi connectivity index (χ1n) is 13.1. The van der Waals surface area contributed by atoms with Crippen LogP contribution in [0.5, 0.6) is 0 Å². The van der Waals surface area contributed by atoms with Crippen molar-refractivity contribution < 1.29 is 27.3 Å². The minimum atomic E-state index is -3.70. The molecule has 1 aromatic heterocycles. The second-order valence-corrected chi connectivity index (χ2v) is 12.6. The average Bonchev–Trinajstić information content (AvgIpc) is 3.64. The lowest BCUT2D eigenvalue weighted by Crippen LogP contribution is -2.32. The summed E-state index contributed by atoms with van der Waals surface area (Å²) in [6.07, 6.45) is 2.95. The van der Waals surface area contributed by atoms with Crippen molar-refractivity contribution in [2.75, 3.05) is 24.2 Å². The number of benzene rings is 3. The number of carbonyl (C=O) groups excluding carboxylic acids is 1. The van der Waals surface area contributed by atoms with Crippen LogP contribution in [0.1, 0.15) is 52.8 Å². The van der Waals surface area contributed by atoms with Crippen LogP contribution in [0, 0.1) is 0 Å². The first-order chi connectivity index (χ1) is 19.2. The maximum atomic E-state index is 13.2. The summed E-state index contributed by atoms with van der Waals surface area (Å²) in [6, 6.07) is 18.1. The summed E-state index contributed by atoms with van der Waals surface area (Å²) in [5.41, 5.74) is 4.44. The van der Waals surface area contributed by atoms with E-state index in [0.717, 1.165) is 24.0 Å². The van der Waals surface area contributed by atoms with E-state index in [9.17, 15) is 18.2 Å². The third-order valence-corrected chi connectivity index (χ3v) is 9.01. The minimum Gasteiger partial charge on any atom is -0.455 e. The maximum absolute atomic E-state index is 13.2. The van der Waals surface area contributed by atoms with Crippen LogP contribution >= 0.6 is 11.6 Å². The molecule has 1 atom stereocenters. The van der Waals surface area contributed by atoms with Gasteiger partial charge in [-0.05, 0) is 72.1 Å². The molecule has 2 aliphatic rings. The Morgan fingerprint density at radius 2 is 1.85 bits per heavy atom. The van der Waals surface area contributed by atoms with Crippen LogP contribution in [0.2, 0.25) is 5.02 Å². The Hall–Kier alpha value is -3.31. The molecule has 1 amide bonds. The lowest BCUT2D eigenvalue weighted by molar-refractivity contribution is 0.0964. The number of hydrogen-bond acceptors (Lipinski definition) is 6. The van der Waals surface area contributed by atoms with Crippen molar-refractivity contribution in [3.8, 4) is 11.3 Å². The summed E-state index contributed by atoms with van der Waals surface area (Å²) >= 11 is 6.09. The van der Waals surface area contributed by atoms with Crippen LogP contribution in [0.25, 0.3) is 22.3 Å². The average molecular weight is 579 g/mol. The van der Waals surface area contributed by atoms with E-state index in [-0.39, 0.29) is 18.4 Å². The SMILES string of the molecule is CNC(=O)c1c(-c2ccc(Cl)cc2)oc2cc(N(CCC3OB(O)c4ccccc43)S(C)(=O)=O)c(C3CC3)cc12. The van der Waals surface area contributed by atoms with Crippen molar-refractivity contribution in [1.29, 1.82) is 0 Å². The lowest BCUT2D eigenvalue weighted by atomic mass is 9.79. The van der Waals surface area contributed by atoms with Crippen LogP contribution in [0.15, 0.2) is 65.1 Å². The van der Waals surface area contributed by atoms with Crippen molar-refractivity contribution in [2.45, 2.75) is 31.3 Å². The van der Waals surface area contributed by atoms with Crippen LogP contribution in [-0.4, -0.2) is 46.3 Å². The van der Waals surface area contributed by atoms with Gasteiger partial charge in [-0.25, -0.2) is 8.42 Å². The van der Waals surface area contributed by atoms with Gasteiger partial charge in [0.2, 0.25) is 10.0 Å². The van der Waals surface area contributed by atoms with E-state index in [1.54, 1.807) is 37.4 Å². The van der Waals surface area contributed by atoms with E-state index in [0.29, 0.717) is 50.5 Å². The molecule has 1 aliphatic heterocycles. The van der Waals surface area contributed by atoms with E-state index < -0.39 is 23.2 Å². The Bertz CT molecular complexity index is 1720. The van der Waals surface area contributed by atoms with Crippen molar-refractivity contribution in [2.24, 2.45) is 0 Å². The second kappa shape index (κ2) is 10.3. The summed E-state index contributed by atoms with van der Waals surface area (Å²) in [5, 5.41) is 14.2. The largest absolute Gasteiger partial charge is 0.491 e. The zero-order valence-corrected chi connectivity index (χ0v) is 23.6. The predicted octanol–water partition coefficient (Wildman–Crippen LogP) is 4.61. The number of halogens is 1. The van der Waals surface area contributed by atoms with Gasteiger partial charge in [0.05, 0.1) is 23.6 Å². The van der Waals surface area contributed by atoms with Gasteiger partial charge in [0.15, 0.2) is 0 Å². The molecule has 1 fully saturated rings. The van der Waals surface area contributed by atoms with Crippen LogP contribution < -0.4 is 15.1 Å². The van der Waals surface area contributed by atoms with E-state index >= 15 is 0 Å². The number of anilines is 1. The molecule has 11 heteroatoms. The highest BCUT2D eigenvalue weighted by Crippen LogP contribution is 2.48. The van der Waals surface area contributed by atoms with E-state index in [2.05, 4.69) is 5.32 Å². The third kappa shape index (κ3) is 4.90. The van der Waals surface area contributed by atoms with Crippen molar-refractivity contribution in [3.05, 3.63) is 82.4 Å². The molecule has 8 nitrogen and oxygen atoms in total. The van der Waals surface area contributed by atoms with Crippen molar-refractivity contribution >= 4 is 56.8 Å². The van der Waals surface area contributed by atoms with Gasteiger partial charge < -0.3 is 19.4 Å². The predicted molar refractivity (Wildman–Crippen MR) is 157 cm³/mol. The topological polar surface area (TPSA) is 109 Å². The number of carbonyl (C=O) groups is 1. The lowest BCUT2D eigenvalue weighted by Gasteiger charge is -2.26. The number of nitrogens with one attached hydrogen (secondary N) is 1. The van der Waals surface area contributed by atoms with Gasteiger partial charge in [0, 0.05) is 35.6 Å². The Kier molecular flexibility index (Phi) is 6.90. The van der Waals surface area contributed by atoms with Gasteiger partial charge in [0.25, 0.3) is 5.91 Å². The molecule has 0 spiro atoms. The molecule has 2 heterocycles. The highest BCUT2D eigenvalue weighted by atomic mass is 35.5. The first kappa shape index (κ1) is 26.9. The summed E-state index contributed by atoms with van der Waals surface area (Å²) in [7, 11) is -3.17. The fourth-order valence-corrected chi connectivity index (χ4v) is 6.57. The number of hydrogen-bond donors (Lipinski definition) is 2. The Balaban J connectivity index is 1.44. The van der Waals surface area contributed by atoms with Crippen LogP contribution in [0.4, 0.5) is 5.69 Å². The summed E-state index contributed by atoms with van der Waals surface area (Å²) in [4.78, 5) is 13.1. The fourth-order valence-electron chi connectivity index (χ4n) is 5.50. The zero-order valence-electron chi connectivity index (χ0n) is 22.1. The number of furan rings is 1. The molecule has 1 aliphatic carbocycles. The summed E-state index contributed by atoms with van der Waals surface area (Å²) in [6.45, 7) is 0.142. The fraction of sp³-hybridized carbons (Fsp3) is 0.276. The van der Waals surface area contributed by atoms with E-state index in [1.807, 2.05) is 30.3 Å². The molecule has 6 rings (SSSR count). The number of rotatable bonds is 8. The number of nitrogens with zero attached hydrogens (tertiary/aromatic N) is 1. The molecule has 40 heavy (non-hydrogen) atoms. The number of amides is 1. The second-order valence-electron chi connectivity index (χ2n) is 10.3. The maximum Gasteiger partial charge on any atom is 0.491 e. The highest BCUT2D eigenvalue weighted by molar-refractivity contribution is 7.92. The molecule has 1 unspecified atom stereocenters. The molecule has 206 valence electrons. The molecule has 0 radical (unpaired) electrons. The Morgan fingerprint density at radius 1 is 1.12 bits per heavy atom. The van der Waals surface area contributed by atoms with E-state index in [4.69, 9.17) is 20.7 Å². The van der Waals surface area contributed by atoms with Gasteiger partial charge >= 0.3 is 7.12 Å². The molecule has 1 saturated carbocycles. The highest BCUT2D eigenvalue weighted by Gasteiger charge is 2.37. The van der Waals surface area contributed by atoms with Gasteiger partial charge in [-0.1, -0.05) is 35.9 Å². The molecular formula is C29H28BClN2O6S. The summed E-state index contributed by atoms with van der Waals surface area (Å²) < 4.78 is 39.8. The smallest absolute Gasteiger partial charge is 0.455 e. The van der Waals surface area contributed by atoms with Gasteiger partial charge in [0.1, 0.15) is 11.3 Å². The van der Waals surface area contributed by atoms with E-state index in [1.165, 1.54) is 10.6 Å². The number of fused-ring (bicyclic) bond motifs is 2. The van der Waals surface area contributed by atoms with Crippen LogP contribution in [-0.2, 0) is 14.7 Å². The number of sulfonamides is 1. The molecule has 4 aromatic rings. The van der Waals surface area contributed by atoms with Crippen molar-refractivity contribution in [1.82, 2.24) is 5.32 Å². The van der Waals surface area contributed by atoms with Crippen LogP contribution in [0.3, 0.4) is 0 Å². The Morgan fingerprint density at radius 3 is 2.52 bits per heavy atom. The Labute approximate surface area is 238 Å². The first-order valence-corrected chi connectivity index (χ1v) is 15.4. The van der Waals surface area contributed by atoms with Gasteiger partial charge in [-0.2, -0.15) is 0 Å². The third-order valence-electron chi connectivity index (χ3n) is 7.58. The molecular weight excluding hydrogens is 551 g/mol. The van der Waals surface area contributed by atoms with Gasteiger partial charge in [-0.15, -0.1) is 0 Å². The molecule has 2 N–H and O–H groups in total. The monoisotopic (exact) mass is 578 g/mol.